The van der Waals surface area contributed by atoms with Gasteiger partial charge in [0.1, 0.15) is 12.4 Å². The summed E-state index contributed by atoms with van der Waals surface area (Å²) in [4.78, 5) is 24.1. The van der Waals surface area contributed by atoms with E-state index in [0.29, 0.717) is 29.4 Å². The minimum absolute atomic E-state index is 0.174. The number of hydrogen-bond donors (Lipinski definition) is 2. The van der Waals surface area contributed by atoms with Crippen molar-refractivity contribution in [2.24, 2.45) is 5.10 Å². The minimum atomic E-state index is -0.996. The number of amides is 2. The Bertz CT molecular complexity index is 1190. The van der Waals surface area contributed by atoms with Crippen molar-refractivity contribution >= 4 is 34.8 Å². The third-order valence-electron chi connectivity index (χ3n) is 4.53. The first kappa shape index (κ1) is 23.7. The van der Waals surface area contributed by atoms with E-state index < -0.39 is 17.6 Å². The van der Waals surface area contributed by atoms with E-state index in [-0.39, 0.29) is 10.7 Å². The fourth-order valence-corrected chi connectivity index (χ4v) is 2.94. The standard InChI is InChI=1S/C24H21ClFN3O4/c1-15(28-29-24(31)23(30)27-18-9-10-20(26)19(25)13-18)17-8-11-21(22(12-17)32-2)33-14-16-6-4-3-5-7-16/h3-13H,14H2,1-2H3,(H,27,30)(H,29,31)/b28-15+. The fourth-order valence-electron chi connectivity index (χ4n) is 2.76. The number of methoxy groups -OCH3 is 1. The Kier molecular flexibility index (Phi) is 7.99. The van der Waals surface area contributed by atoms with Gasteiger partial charge in [-0.05, 0) is 48.9 Å². The molecule has 0 saturated heterocycles. The number of carbonyl (C=O) groups excluding carboxylic acids is 2. The van der Waals surface area contributed by atoms with Crippen LogP contribution in [0.15, 0.2) is 71.8 Å². The number of carbonyl (C=O) groups is 2. The van der Waals surface area contributed by atoms with Gasteiger partial charge >= 0.3 is 11.8 Å². The monoisotopic (exact) mass is 469 g/mol. The molecule has 0 atom stereocenters. The summed E-state index contributed by atoms with van der Waals surface area (Å²) in [6.07, 6.45) is 0. The van der Waals surface area contributed by atoms with Crippen LogP contribution in [0, 0.1) is 5.82 Å². The smallest absolute Gasteiger partial charge is 0.329 e. The number of halogens is 2. The number of ether oxygens (including phenoxy) is 2. The van der Waals surface area contributed by atoms with Gasteiger partial charge in [-0.15, -0.1) is 0 Å². The Balaban J connectivity index is 1.62. The molecule has 0 aliphatic heterocycles. The summed E-state index contributed by atoms with van der Waals surface area (Å²) in [5.74, 6) is -1.55. The average molecular weight is 470 g/mol. The van der Waals surface area contributed by atoms with Gasteiger partial charge in [0.25, 0.3) is 0 Å². The van der Waals surface area contributed by atoms with E-state index in [1.807, 2.05) is 30.3 Å². The zero-order valence-electron chi connectivity index (χ0n) is 17.9. The van der Waals surface area contributed by atoms with Crippen LogP contribution in [0.2, 0.25) is 5.02 Å². The maximum Gasteiger partial charge on any atom is 0.329 e. The molecule has 2 amide bonds. The molecule has 2 N–H and O–H groups in total. The van der Waals surface area contributed by atoms with Crippen LogP contribution in [0.5, 0.6) is 11.5 Å². The lowest BCUT2D eigenvalue weighted by Crippen LogP contribution is -2.32. The summed E-state index contributed by atoms with van der Waals surface area (Å²) < 4.78 is 24.4. The van der Waals surface area contributed by atoms with Crippen molar-refractivity contribution < 1.29 is 23.5 Å². The first-order chi connectivity index (χ1) is 15.9. The number of nitrogens with zero attached hydrogens (tertiary/aromatic N) is 1. The molecular weight excluding hydrogens is 449 g/mol. The molecule has 0 bridgehead atoms. The summed E-state index contributed by atoms with van der Waals surface area (Å²) in [6, 6.07) is 18.5. The van der Waals surface area contributed by atoms with Crippen molar-refractivity contribution in [1.82, 2.24) is 5.43 Å². The molecule has 0 saturated carbocycles. The van der Waals surface area contributed by atoms with Crippen LogP contribution in [-0.2, 0) is 16.2 Å². The van der Waals surface area contributed by atoms with E-state index in [1.165, 1.54) is 19.2 Å². The van der Waals surface area contributed by atoms with Gasteiger partial charge in [0.15, 0.2) is 11.5 Å². The van der Waals surface area contributed by atoms with Gasteiger partial charge in [-0.2, -0.15) is 5.10 Å². The summed E-state index contributed by atoms with van der Waals surface area (Å²) in [5.41, 5.74) is 4.48. The third-order valence-corrected chi connectivity index (χ3v) is 4.82. The maximum absolute atomic E-state index is 13.2. The molecule has 0 radical (unpaired) electrons. The molecule has 0 aliphatic carbocycles. The highest BCUT2D eigenvalue weighted by molar-refractivity contribution is 6.40. The molecule has 0 heterocycles. The highest BCUT2D eigenvalue weighted by Crippen LogP contribution is 2.29. The lowest BCUT2D eigenvalue weighted by Gasteiger charge is -2.12. The van der Waals surface area contributed by atoms with Crippen LogP contribution >= 0.6 is 11.6 Å². The van der Waals surface area contributed by atoms with E-state index in [0.717, 1.165) is 11.6 Å². The van der Waals surface area contributed by atoms with E-state index in [9.17, 15) is 14.0 Å². The quantitative estimate of drug-likeness (QED) is 0.302. The Morgan fingerprint density at radius 2 is 1.76 bits per heavy atom. The predicted molar refractivity (Wildman–Crippen MR) is 124 cm³/mol. The Hall–Kier alpha value is -3.91. The topological polar surface area (TPSA) is 89.0 Å². The van der Waals surface area contributed by atoms with Gasteiger partial charge in [-0.1, -0.05) is 41.9 Å². The summed E-state index contributed by atoms with van der Waals surface area (Å²) in [5, 5.41) is 6.11. The zero-order valence-corrected chi connectivity index (χ0v) is 18.7. The van der Waals surface area contributed by atoms with Crippen molar-refractivity contribution in [3.05, 3.63) is 88.7 Å². The number of hydrazone groups is 1. The van der Waals surface area contributed by atoms with Gasteiger partial charge < -0.3 is 14.8 Å². The predicted octanol–water partition coefficient (Wildman–Crippen LogP) is 4.55. The summed E-state index contributed by atoms with van der Waals surface area (Å²) in [7, 11) is 1.52. The van der Waals surface area contributed by atoms with E-state index in [4.69, 9.17) is 21.1 Å². The number of rotatable bonds is 7. The molecule has 0 spiro atoms. The highest BCUT2D eigenvalue weighted by Gasteiger charge is 2.15. The largest absolute Gasteiger partial charge is 0.493 e. The number of hydrogen-bond acceptors (Lipinski definition) is 5. The highest BCUT2D eigenvalue weighted by atomic mass is 35.5. The summed E-state index contributed by atoms with van der Waals surface area (Å²) >= 11 is 5.67. The van der Waals surface area contributed by atoms with Gasteiger partial charge in [-0.25, -0.2) is 9.82 Å². The van der Waals surface area contributed by atoms with Crippen LogP contribution in [-0.4, -0.2) is 24.6 Å². The maximum atomic E-state index is 13.2. The molecule has 0 unspecified atom stereocenters. The molecule has 0 fully saturated rings. The van der Waals surface area contributed by atoms with Crippen molar-refractivity contribution in [3.8, 4) is 11.5 Å². The molecular formula is C24H21ClFN3O4. The molecule has 3 rings (SSSR count). The van der Waals surface area contributed by atoms with Crippen LogP contribution in [0.4, 0.5) is 10.1 Å². The van der Waals surface area contributed by atoms with Gasteiger partial charge in [0.05, 0.1) is 17.8 Å². The van der Waals surface area contributed by atoms with Gasteiger partial charge in [-0.3, -0.25) is 9.59 Å². The fraction of sp³-hybridized carbons (Fsp3) is 0.125. The normalized spacial score (nSPS) is 11.0. The van der Waals surface area contributed by atoms with Crippen LogP contribution in [0.1, 0.15) is 18.1 Å². The second kappa shape index (κ2) is 11.1. The van der Waals surface area contributed by atoms with Crippen LogP contribution in [0.3, 0.4) is 0 Å². The van der Waals surface area contributed by atoms with Crippen LogP contribution < -0.4 is 20.2 Å². The Morgan fingerprint density at radius 1 is 1.00 bits per heavy atom. The second-order valence-corrected chi connectivity index (χ2v) is 7.27. The number of benzene rings is 3. The van der Waals surface area contributed by atoms with Crippen LogP contribution in [0.25, 0.3) is 0 Å². The van der Waals surface area contributed by atoms with Crippen molar-refractivity contribution in [1.29, 1.82) is 0 Å². The molecule has 0 aromatic heterocycles. The first-order valence-corrected chi connectivity index (χ1v) is 10.2. The Morgan fingerprint density at radius 3 is 2.45 bits per heavy atom. The lowest BCUT2D eigenvalue weighted by atomic mass is 10.1. The van der Waals surface area contributed by atoms with E-state index in [1.54, 1.807) is 25.1 Å². The van der Waals surface area contributed by atoms with Crippen molar-refractivity contribution in [3.63, 3.8) is 0 Å². The number of anilines is 1. The molecule has 0 aliphatic rings. The molecule has 33 heavy (non-hydrogen) atoms. The molecule has 170 valence electrons. The summed E-state index contributed by atoms with van der Waals surface area (Å²) in [6.45, 7) is 2.05. The third kappa shape index (κ3) is 6.54. The number of nitrogens with one attached hydrogen (secondary N) is 2. The second-order valence-electron chi connectivity index (χ2n) is 6.86. The molecule has 7 nitrogen and oxygen atoms in total. The average Bonchev–Trinajstić information content (AvgIpc) is 2.83. The van der Waals surface area contributed by atoms with E-state index >= 15 is 0 Å². The van der Waals surface area contributed by atoms with Gasteiger partial charge in [0.2, 0.25) is 0 Å². The molecule has 3 aromatic carbocycles. The Labute approximate surface area is 195 Å². The first-order valence-electron chi connectivity index (χ1n) is 9.83. The van der Waals surface area contributed by atoms with Crippen molar-refractivity contribution in [2.45, 2.75) is 13.5 Å². The zero-order chi connectivity index (χ0) is 23.8. The van der Waals surface area contributed by atoms with Gasteiger partial charge in [0, 0.05) is 11.3 Å². The SMILES string of the molecule is COc1cc(/C(C)=N/NC(=O)C(=O)Nc2ccc(F)c(Cl)c2)ccc1OCc1ccccc1. The molecule has 3 aromatic rings. The van der Waals surface area contributed by atoms with E-state index in [2.05, 4.69) is 15.8 Å². The molecule has 9 heteroatoms. The minimum Gasteiger partial charge on any atom is -0.493 e. The van der Waals surface area contributed by atoms with Crippen molar-refractivity contribution in [2.75, 3.05) is 12.4 Å². The lowest BCUT2D eigenvalue weighted by molar-refractivity contribution is -0.136.